The zero-order valence-corrected chi connectivity index (χ0v) is 22.9. The van der Waals surface area contributed by atoms with Gasteiger partial charge in [-0.15, -0.1) is 11.8 Å². The van der Waals surface area contributed by atoms with Crippen molar-refractivity contribution < 1.29 is 9.59 Å². The Labute approximate surface area is 225 Å². The van der Waals surface area contributed by atoms with Crippen LogP contribution in [0, 0.1) is 0 Å². The molecule has 3 aromatic carbocycles. The molecule has 0 unspecified atom stereocenters. The quantitative estimate of drug-likeness (QED) is 0.269. The number of carbonyl (C=O) groups excluding carboxylic acids is 2. The molecular weight excluding hydrogens is 544 g/mol. The number of benzene rings is 3. The van der Waals surface area contributed by atoms with Crippen molar-refractivity contribution in [1.29, 1.82) is 0 Å². The summed E-state index contributed by atoms with van der Waals surface area (Å²) in [6.07, 6.45) is 1.26. The summed E-state index contributed by atoms with van der Waals surface area (Å²) in [5.74, 6) is 0.755. The van der Waals surface area contributed by atoms with E-state index >= 15 is 0 Å². The second-order valence-electron chi connectivity index (χ2n) is 8.23. The largest absolute Gasteiger partial charge is 0.354 e. The highest BCUT2D eigenvalue weighted by atomic mass is 79.9. The van der Waals surface area contributed by atoms with Crippen molar-refractivity contribution in [1.82, 2.24) is 10.2 Å². The van der Waals surface area contributed by atoms with E-state index < -0.39 is 6.04 Å². The van der Waals surface area contributed by atoms with E-state index in [0.717, 1.165) is 27.6 Å². The van der Waals surface area contributed by atoms with Gasteiger partial charge in [0, 0.05) is 34.8 Å². The maximum absolute atomic E-state index is 13.6. The summed E-state index contributed by atoms with van der Waals surface area (Å²) in [6, 6.07) is 24.7. The minimum atomic E-state index is -0.638. The molecule has 0 radical (unpaired) electrons. The smallest absolute Gasteiger partial charge is 0.243 e. The molecule has 3 rings (SSSR count). The van der Waals surface area contributed by atoms with Crippen LogP contribution in [0.2, 0.25) is 5.02 Å². The van der Waals surface area contributed by atoms with Crippen LogP contribution in [0.1, 0.15) is 30.0 Å². The van der Waals surface area contributed by atoms with Crippen molar-refractivity contribution in [2.75, 3.05) is 12.3 Å². The Morgan fingerprint density at radius 1 is 0.971 bits per heavy atom. The standard InChI is InChI=1S/C28H30BrClN2O2S/c1-2-16-31-28(34)26(17-21-8-4-3-5-9-21)32(18-23-10-6-7-11-25(23)30)27(33)20-35-19-22-12-14-24(29)15-13-22/h3-15,26H,2,16-20H2,1H3,(H,31,34)/t26-/m0/s1. The Morgan fingerprint density at radius 2 is 1.66 bits per heavy atom. The first-order chi connectivity index (χ1) is 17.0. The Morgan fingerprint density at radius 3 is 2.34 bits per heavy atom. The van der Waals surface area contributed by atoms with Crippen molar-refractivity contribution in [2.24, 2.45) is 0 Å². The number of hydrogen-bond acceptors (Lipinski definition) is 3. The minimum absolute atomic E-state index is 0.0837. The van der Waals surface area contributed by atoms with Crippen LogP contribution >= 0.6 is 39.3 Å². The van der Waals surface area contributed by atoms with E-state index in [2.05, 4.69) is 21.2 Å². The number of carbonyl (C=O) groups is 2. The fraction of sp³-hybridized carbons (Fsp3) is 0.286. The first kappa shape index (κ1) is 27.3. The summed E-state index contributed by atoms with van der Waals surface area (Å²) in [5.41, 5.74) is 2.97. The van der Waals surface area contributed by atoms with E-state index in [1.807, 2.05) is 85.8 Å². The van der Waals surface area contributed by atoms with E-state index in [1.165, 1.54) is 0 Å². The number of thioether (sulfide) groups is 1. The predicted molar refractivity (Wildman–Crippen MR) is 150 cm³/mol. The van der Waals surface area contributed by atoms with Gasteiger partial charge in [0.1, 0.15) is 6.04 Å². The van der Waals surface area contributed by atoms with Gasteiger partial charge in [-0.1, -0.05) is 95.1 Å². The van der Waals surface area contributed by atoms with E-state index in [-0.39, 0.29) is 24.1 Å². The molecule has 0 saturated heterocycles. The third kappa shape index (κ3) is 8.71. The zero-order chi connectivity index (χ0) is 25.0. The summed E-state index contributed by atoms with van der Waals surface area (Å²) < 4.78 is 1.02. The lowest BCUT2D eigenvalue weighted by Crippen LogP contribution is -2.51. The summed E-state index contributed by atoms with van der Waals surface area (Å²) in [5, 5.41) is 3.58. The molecule has 0 aliphatic carbocycles. The van der Waals surface area contributed by atoms with Gasteiger partial charge >= 0.3 is 0 Å². The van der Waals surface area contributed by atoms with Crippen LogP contribution in [0.3, 0.4) is 0 Å². The van der Waals surface area contributed by atoms with E-state index in [4.69, 9.17) is 11.6 Å². The van der Waals surface area contributed by atoms with Crippen LogP contribution in [0.25, 0.3) is 0 Å². The summed E-state index contributed by atoms with van der Waals surface area (Å²) in [4.78, 5) is 28.6. The zero-order valence-electron chi connectivity index (χ0n) is 19.8. The summed E-state index contributed by atoms with van der Waals surface area (Å²) >= 11 is 11.4. The third-order valence-electron chi connectivity index (χ3n) is 5.53. The van der Waals surface area contributed by atoms with Crippen LogP contribution in [-0.2, 0) is 28.3 Å². The summed E-state index contributed by atoms with van der Waals surface area (Å²) in [7, 11) is 0. The number of rotatable bonds is 12. The Balaban J connectivity index is 1.83. The molecule has 184 valence electrons. The van der Waals surface area contributed by atoms with Gasteiger partial charge in [0.15, 0.2) is 0 Å². The minimum Gasteiger partial charge on any atom is -0.354 e. The topological polar surface area (TPSA) is 49.4 Å². The first-order valence-corrected chi connectivity index (χ1v) is 14.0. The number of nitrogens with one attached hydrogen (secondary N) is 1. The van der Waals surface area contributed by atoms with Gasteiger partial charge in [-0.05, 0) is 41.3 Å². The maximum Gasteiger partial charge on any atom is 0.243 e. The third-order valence-corrected chi connectivity index (χ3v) is 7.41. The highest BCUT2D eigenvalue weighted by Crippen LogP contribution is 2.22. The molecule has 0 spiro atoms. The molecular formula is C28H30BrClN2O2S. The molecule has 0 aliphatic heterocycles. The van der Waals surface area contributed by atoms with Crippen LogP contribution in [0.15, 0.2) is 83.3 Å². The molecule has 1 atom stereocenters. The SMILES string of the molecule is CCCNC(=O)[C@H](Cc1ccccc1)N(Cc1ccccc1Cl)C(=O)CSCc1ccc(Br)cc1. The van der Waals surface area contributed by atoms with Gasteiger partial charge in [0.25, 0.3) is 0 Å². The fourth-order valence-electron chi connectivity index (χ4n) is 3.65. The van der Waals surface area contributed by atoms with Crippen molar-refractivity contribution >= 4 is 51.1 Å². The lowest BCUT2D eigenvalue weighted by Gasteiger charge is -2.31. The van der Waals surface area contributed by atoms with E-state index in [0.29, 0.717) is 23.7 Å². The van der Waals surface area contributed by atoms with Gasteiger partial charge in [-0.2, -0.15) is 0 Å². The lowest BCUT2D eigenvalue weighted by atomic mass is 10.0. The lowest BCUT2D eigenvalue weighted by molar-refractivity contribution is -0.139. The molecule has 0 aromatic heterocycles. The van der Waals surface area contributed by atoms with Crippen LogP contribution in [0.5, 0.6) is 0 Å². The molecule has 0 heterocycles. The fourth-order valence-corrected chi connectivity index (χ4v) is 4.98. The number of halogens is 2. The Kier molecular flexibility index (Phi) is 11.2. The van der Waals surface area contributed by atoms with Gasteiger partial charge in [-0.3, -0.25) is 9.59 Å². The number of nitrogens with zero attached hydrogens (tertiary/aromatic N) is 1. The molecule has 0 saturated carbocycles. The highest BCUT2D eigenvalue weighted by molar-refractivity contribution is 9.10. The highest BCUT2D eigenvalue weighted by Gasteiger charge is 2.30. The van der Waals surface area contributed by atoms with Gasteiger partial charge in [-0.25, -0.2) is 0 Å². The molecule has 3 aromatic rings. The van der Waals surface area contributed by atoms with Crippen molar-refractivity contribution in [3.8, 4) is 0 Å². The second-order valence-corrected chi connectivity index (χ2v) is 10.5. The Hall–Kier alpha value is -2.28. The number of hydrogen-bond donors (Lipinski definition) is 1. The molecule has 35 heavy (non-hydrogen) atoms. The monoisotopic (exact) mass is 572 g/mol. The van der Waals surface area contributed by atoms with E-state index in [1.54, 1.807) is 16.7 Å². The number of amides is 2. The molecule has 0 bridgehead atoms. The first-order valence-electron chi connectivity index (χ1n) is 11.6. The molecule has 0 aliphatic rings. The van der Waals surface area contributed by atoms with Gasteiger partial charge in [0.05, 0.1) is 5.75 Å². The molecule has 2 amide bonds. The molecule has 7 heteroatoms. The van der Waals surface area contributed by atoms with Gasteiger partial charge in [0.2, 0.25) is 11.8 Å². The maximum atomic E-state index is 13.6. The normalized spacial score (nSPS) is 11.6. The van der Waals surface area contributed by atoms with Crippen molar-refractivity contribution in [3.05, 3.63) is 105 Å². The average molecular weight is 574 g/mol. The van der Waals surface area contributed by atoms with Crippen molar-refractivity contribution in [2.45, 2.75) is 38.1 Å². The van der Waals surface area contributed by atoms with Crippen LogP contribution in [0.4, 0.5) is 0 Å². The molecule has 0 fully saturated rings. The average Bonchev–Trinajstić information content (AvgIpc) is 2.87. The molecule has 1 N–H and O–H groups in total. The molecule has 4 nitrogen and oxygen atoms in total. The predicted octanol–water partition coefficient (Wildman–Crippen LogP) is 6.50. The van der Waals surface area contributed by atoms with Gasteiger partial charge < -0.3 is 10.2 Å². The summed E-state index contributed by atoms with van der Waals surface area (Å²) in [6.45, 7) is 2.85. The second kappa shape index (κ2) is 14.3. The Bertz CT molecular complexity index is 1100. The van der Waals surface area contributed by atoms with Crippen LogP contribution < -0.4 is 5.32 Å². The van der Waals surface area contributed by atoms with E-state index in [9.17, 15) is 9.59 Å². The van der Waals surface area contributed by atoms with Crippen molar-refractivity contribution in [3.63, 3.8) is 0 Å². The van der Waals surface area contributed by atoms with Crippen LogP contribution in [-0.4, -0.2) is 35.1 Å².